The number of Topliss-reactive ketones (excluding diaryl/α,β-unsaturated/α-hetero) is 12. The Kier molecular flexibility index (Phi) is 24.6. The third-order valence-corrected chi connectivity index (χ3v) is 14.4. The Bertz CT molecular complexity index is 2810. The predicted molar refractivity (Wildman–Crippen MR) is 292 cm³/mol. The molecule has 3 saturated heterocycles. The van der Waals surface area contributed by atoms with Crippen molar-refractivity contribution in [1.29, 1.82) is 0 Å². The molecule has 2 aromatic rings. The van der Waals surface area contributed by atoms with Gasteiger partial charge in [0.1, 0.15) is 29.3 Å². The SMILES string of the molecule is CC.CC.CC(C)O.CCCCN(CC(=O)C1C(=O)c2cc3c(cc2C1=O)C(=O)C(C(=O)C1CCCCN1O)C3=O)C(=O)OC(C)(C)C.O=C(CN1CCCC1=O)C1C(=O)c2cc3c(cc2C1=O)C(=O)C(C(=O)CN1CCCC1=O)C3=O.[Y]. The quantitative estimate of drug-likeness (QED) is 0.218. The van der Waals surface area contributed by atoms with Crippen LogP contribution in [-0.2, 0) is 66.2 Å². The number of piperidine rings is 1. The number of likely N-dealkylation sites (tertiary alicyclic amines) is 2. The molecule has 1 radical (unpaired) electrons. The molecule has 1 atom stereocenters. The molecule has 0 spiro atoms. The van der Waals surface area contributed by atoms with Crippen LogP contribution in [0.2, 0.25) is 0 Å². The van der Waals surface area contributed by atoms with Gasteiger partial charge < -0.3 is 29.8 Å². The van der Waals surface area contributed by atoms with Gasteiger partial charge in [-0.05, 0) is 97.4 Å². The molecule has 3 fully saturated rings. The van der Waals surface area contributed by atoms with E-state index in [1.807, 2.05) is 34.6 Å². The number of hydroxylamine groups is 2. The number of aliphatic hydroxyl groups excluding tert-OH is 1. The van der Waals surface area contributed by atoms with Crippen LogP contribution in [0, 0.1) is 23.7 Å². The van der Waals surface area contributed by atoms with E-state index in [4.69, 9.17) is 9.84 Å². The van der Waals surface area contributed by atoms with E-state index in [9.17, 15) is 77.1 Å². The van der Waals surface area contributed by atoms with Gasteiger partial charge in [-0.3, -0.25) is 67.1 Å². The molecule has 22 nitrogen and oxygen atoms in total. The molecule has 2 N–H and O–H groups in total. The Hall–Kier alpha value is -6.33. The number of amides is 3. The summed E-state index contributed by atoms with van der Waals surface area (Å²) in [6.07, 6.45) is 3.85. The topological polar surface area (TPSA) is 319 Å². The normalized spacial score (nSPS) is 18.7. The zero-order chi connectivity index (χ0) is 61.4. The third-order valence-electron chi connectivity index (χ3n) is 14.4. The number of hydrogen-bond donors (Lipinski definition) is 2. The second-order valence-electron chi connectivity index (χ2n) is 21.7. The number of fused-ring (bicyclic) bond motifs is 4. The van der Waals surface area contributed by atoms with Gasteiger partial charge in [0.2, 0.25) is 11.8 Å². The first-order valence-electron chi connectivity index (χ1n) is 28.2. The zero-order valence-electron chi connectivity index (χ0n) is 48.9. The molecule has 2 aromatic carbocycles. The van der Waals surface area contributed by atoms with E-state index in [2.05, 4.69) is 0 Å². The number of rotatable bonds is 14. The minimum absolute atomic E-state index is 0. The van der Waals surface area contributed by atoms with E-state index in [0.29, 0.717) is 64.5 Å². The van der Waals surface area contributed by atoms with Crippen molar-refractivity contribution in [2.24, 2.45) is 23.7 Å². The number of carbonyl (C=O) groups excluding carboxylic acids is 15. The molecule has 9 rings (SSSR count). The van der Waals surface area contributed by atoms with Gasteiger partial charge in [-0.1, -0.05) is 41.0 Å². The predicted octanol–water partition coefficient (Wildman–Crippen LogP) is 5.59. The summed E-state index contributed by atoms with van der Waals surface area (Å²) in [6.45, 7) is 18.4. The summed E-state index contributed by atoms with van der Waals surface area (Å²) in [5, 5.41) is 19.0. The Morgan fingerprint density at radius 2 is 0.904 bits per heavy atom. The molecule has 83 heavy (non-hydrogen) atoms. The first-order valence-corrected chi connectivity index (χ1v) is 28.2. The molecule has 1 unspecified atom stereocenters. The van der Waals surface area contributed by atoms with Crippen LogP contribution in [0.15, 0.2) is 24.3 Å². The maximum Gasteiger partial charge on any atom is 0.410 e. The summed E-state index contributed by atoms with van der Waals surface area (Å²) in [5.41, 5.74) is -2.03. The Balaban J connectivity index is 0.000000316. The van der Waals surface area contributed by atoms with Crippen LogP contribution in [0.25, 0.3) is 0 Å². The summed E-state index contributed by atoms with van der Waals surface area (Å²) in [6, 6.07) is 3.48. The number of ketones is 12. The number of hydrogen-bond acceptors (Lipinski definition) is 19. The molecule has 7 aliphatic rings. The monoisotopic (exact) mass is 1230 g/mol. The van der Waals surface area contributed by atoms with Crippen molar-refractivity contribution in [2.45, 2.75) is 145 Å². The molecule has 0 bridgehead atoms. The molecule has 3 heterocycles. The van der Waals surface area contributed by atoms with Crippen LogP contribution >= 0.6 is 0 Å². The summed E-state index contributed by atoms with van der Waals surface area (Å²) < 4.78 is 5.38. The van der Waals surface area contributed by atoms with Crippen molar-refractivity contribution >= 4 is 87.3 Å². The average molecular weight is 1230 g/mol. The van der Waals surface area contributed by atoms with E-state index in [1.165, 1.54) is 14.7 Å². The molecular weight excluding hydrogens is 1150 g/mol. The van der Waals surface area contributed by atoms with Crippen molar-refractivity contribution in [2.75, 3.05) is 45.8 Å². The third kappa shape index (κ3) is 15.0. The van der Waals surface area contributed by atoms with Crippen LogP contribution in [0.4, 0.5) is 4.79 Å². The first-order chi connectivity index (χ1) is 38.7. The van der Waals surface area contributed by atoms with E-state index in [0.717, 1.165) is 35.7 Å². The van der Waals surface area contributed by atoms with Crippen LogP contribution < -0.4 is 0 Å². The van der Waals surface area contributed by atoms with E-state index < -0.39 is 117 Å². The number of unbranched alkanes of at least 4 members (excludes halogenated alkanes) is 1. The van der Waals surface area contributed by atoms with Gasteiger partial charge in [0, 0.05) is 122 Å². The second-order valence-corrected chi connectivity index (χ2v) is 21.7. The Morgan fingerprint density at radius 1 is 0.566 bits per heavy atom. The maximum atomic E-state index is 13.3. The van der Waals surface area contributed by atoms with E-state index in [-0.39, 0.29) is 121 Å². The van der Waals surface area contributed by atoms with Gasteiger partial charge in [-0.25, -0.2) is 4.79 Å². The van der Waals surface area contributed by atoms with Gasteiger partial charge in [0.15, 0.2) is 69.4 Å². The Morgan fingerprint density at radius 3 is 1.20 bits per heavy atom. The minimum atomic E-state index is -1.71. The van der Waals surface area contributed by atoms with Crippen LogP contribution in [-0.4, -0.2) is 181 Å². The van der Waals surface area contributed by atoms with Crippen molar-refractivity contribution in [3.63, 3.8) is 0 Å². The number of aliphatic hydroxyl groups is 1. The zero-order valence-corrected chi connectivity index (χ0v) is 51.7. The molecule has 0 saturated carbocycles. The van der Waals surface area contributed by atoms with E-state index in [1.54, 1.807) is 34.6 Å². The Labute approximate surface area is 506 Å². The average Bonchev–Trinajstić information content (AvgIpc) is 2.94. The summed E-state index contributed by atoms with van der Waals surface area (Å²) in [5.74, 6) is -16.3. The van der Waals surface area contributed by atoms with Crippen LogP contribution in [0.5, 0.6) is 0 Å². The fourth-order valence-corrected chi connectivity index (χ4v) is 10.6. The number of nitrogens with zero attached hydrogens (tertiary/aromatic N) is 4. The standard InChI is InChI=1S/C29H34N2O9.C24H20N2O8.C3H8O.2C2H6.Y/c1-5-6-10-30(28(38)40-29(2,3)4)14-20(32)21-23(33)15-12-17-18(13-16(15)24(21)34)26(36)22(25(17)35)27(37)19-9-7-8-11-31(19)39;27-15(9-25-5-1-3-17(25)29)19-21(31)11-7-13-14(8-12(11)22(19)32)24(34)20(23(13)33)16(28)10-26-6-2-4-18(26)30;1-3(2)4;2*1-2;/h12-13,19,21-22,39H,5-11,14H2,1-4H3;7-8,19-20H,1-6,9-10H2;3-4H,1-2H3;2*1-2H3;. The van der Waals surface area contributed by atoms with Gasteiger partial charge in [-0.15, -0.1) is 0 Å². The molecule has 3 aliphatic heterocycles. The van der Waals surface area contributed by atoms with Crippen LogP contribution in [0.1, 0.15) is 210 Å². The molecule has 0 aromatic heterocycles. The fraction of sp³-hybridized carbons (Fsp3) is 0.550. The molecule has 23 heteroatoms. The second kappa shape index (κ2) is 29.5. The van der Waals surface area contributed by atoms with Crippen molar-refractivity contribution in [1.82, 2.24) is 19.8 Å². The summed E-state index contributed by atoms with van der Waals surface area (Å²) >= 11 is 0. The fourth-order valence-electron chi connectivity index (χ4n) is 10.6. The minimum Gasteiger partial charge on any atom is -0.444 e. The van der Waals surface area contributed by atoms with E-state index >= 15 is 0 Å². The van der Waals surface area contributed by atoms with Crippen LogP contribution in [0.3, 0.4) is 0 Å². The number of ether oxygens (including phenoxy) is 1. The maximum absolute atomic E-state index is 13.3. The van der Waals surface area contributed by atoms with Gasteiger partial charge in [0.05, 0.1) is 25.7 Å². The molecule has 445 valence electrons. The first kappa shape index (κ1) is 69.2. The van der Waals surface area contributed by atoms with Crippen molar-refractivity contribution < 1.29 is 120 Å². The number of benzene rings is 2. The largest absolute Gasteiger partial charge is 0.444 e. The molecular formula is C60H74N4O18Y. The van der Waals surface area contributed by atoms with Gasteiger partial charge >= 0.3 is 6.09 Å². The molecule has 3 amide bonds. The summed E-state index contributed by atoms with van der Waals surface area (Å²) in [7, 11) is 0. The van der Waals surface area contributed by atoms with Crippen molar-refractivity contribution in [3.05, 3.63) is 68.8 Å². The smallest absolute Gasteiger partial charge is 0.410 e. The van der Waals surface area contributed by atoms with Crippen molar-refractivity contribution in [3.8, 4) is 0 Å². The van der Waals surface area contributed by atoms with Gasteiger partial charge in [0.25, 0.3) is 0 Å². The number of carbonyl (C=O) groups is 15. The summed E-state index contributed by atoms with van der Waals surface area (Å²) in [4.78, 5) is 196. The van der Waals surface area contributed by atoms with Gasteiger partial charge in [-0.2, -0.15) is 5.06 Å². The molecule has 4 aliphatic carbocycles.